The largest absolute Gasteiger partial charge is 0.508 e. The number of carbonyl (C=O) groups excluding carboxylic acids is 3. The number of fused-ring (bicyclic) bond motifs is 1. The topological polar surface area (TPSA) is 108 Å². The number of anilines is 1. The van der Waals surface area contributed by atoms with Crippen LogP contribution in [0, 0.1) is 0 Å². The van der Waals surface area contributed by atoms with Crippen molar-refractivity contribution < 1.29 is 24.2 Å². The van der Waals surface area contributed by atoms with E-state index in [0.717, 1.165) is 10.8 Å². The van der Waals surface area contributed by atoms with Gasteiger partial charge >= 0.3 is 6.09 Å². The zero-order valence-corrected chi connectivity index (χ0v) is 24.2. The van der Waals surface area contributed by atoms with Crippen molar-refractivity contribution in [2.24, 2.45) is 0 Å². The van der Waals surface area contributed by atoms with Gasteiger partial charge in [0.2, 0.25) is 5.91 Å². The molecule has 0 bridgehead atoms. The van der Waals surface area contributed by atoms with Gasteiger partial charge in [-0.05, 0) is 79.8 Å². The van der Waals surface area contributed by atoms with Gasteiger partial charge in [0.05, 0.1) is 0 Å². The van der Waals surface area contributed by atoms with Crippen LogP contribution >= 0.6 is 11.8 Å². The number of alkyl carbamates (subject to hydrolysis) is 1. The van der Waals surface area contributed by atoms with E-state index in [0.29, 0.717) is 23.4 Å². The minimum atomic E-state index is -1.12. The number of hydrogen-bond acceptors (Lipinski definition) is 6. The quantitative estimate of drug-likeness (QED) is 0.251. The van der Waals surface area contributed by atoms with Gasteiger partial charge in [-0.3, -0.25) is 9.59 Å². The molecule has 3 N–H and O–H groups in total. The van der Waals surface area contributed by atoms with Crippen molar-refractivity contribution >= 4 is 46.1 Å². The van der Waals surface area contributed by atoms with Crippen LogP contribution in [0.4, 0.5) is 10.5 Å². The van der Waals surface area contributed by atoms with Crippen LogP contribution in [-0.4, -0.2) is 58.1 Å². The fraction of sp³-hybridized carbons (Fsp3) is 0.323. The highest BCUT2D eigenvalue weighted by atomic mass is 32.2. The summed E-state index contributed by atoms with van der Waals surface area (Å²) >= 11 is 1.53. The van der Waals surface area contributed by atoms with E-state index in [-0.39, 0.29) is 12.3 Å². The standard InChI is InChI=1S/C31H37N3O5S/c1-6-17-34(29(37)26(16-18-40-5)33-30(38)39-31(2,3)4)27(23-12-9-13-25(35)20-23)28(36)32-24-15-14-21-10-7-8-11-22(21)19-24/h6-15,19-20,26-27,35H,1,16-18H2,2-5H3,(H,32,36)(H,33,38). The van der Waals surface area contributed by atoms with E-state index in [1.165, 1.54) is 34.9 Å². The fourth-order valence-corrected chi connectivity index (χ4v) is 4.72. The first kappa shape index (κ1) is 30.6. The molecular weight excluding hydrogens is 526 g/mol. The SMILES string of the molecule is C=CCN(C(=O)C(CCSC)NC(=O)OC(C)(C)C)C(C(=O)Nc1ccc2ccccc2c1)c1cccc(O)c1. The van der Waals surface area contributed by atoms with Gasteiger partial charge in [0.1, 0.15) is 23.4 Å². The molecule has 0 aliphatic carbocycles. The lowest BCUT2D eigenvalue weighted by Crippen LogP contribution is -2.52. The van der Waals surface area contributed by atoms with Crippen LogP contribution in [0.3, 0.4) is 0 Å². The minimum absolute atomic E-state index is 0.0239. The Morgan fingerprint density at radius 1 is 1.05 bits per heavy atom. The average Bonchev–Trinajstić information content (AvgIpc) is 2.89. The normalized spacial score (nSPS) is 12.7. The predicted molar refractivity (Wildman–Crippen MR) is 161 cm³/mol. The van der Waals surface area contributed by atoms with E-state index in [4.69, 9.17) is 4.74 Å². The highest BCUT2D eigenvalue weighted by Crippen LogP contribution is 2.28. The van der Waals surface area contributed by atoms with Gasteiger partial charge in [-0.1, -0.05) is 48.5 Å². The zero-order chi connectivity index (χ0) is 29.3. The first-order valence-electron chi connectivity index (χ1n) is 13.0. The number of nitrogens with zero attached hydrogens (tertiary/aromatic N) is 1. The van der Waals surface area contributed by atoms with Crippen LogP contribution in [0.2, 0.25) is 0 Å². The lowest BCUT2D eigenvalue weighted by atomic mass is 10.0. The van der Waals surface area contributed by atoms with E-state index >= 15 is 0 Å². The smallest absolute Gasteiger partial charge is 0.408 e. The fourth-order valence-electron chi connectivity index (χ4n) is 4.25. The highest BCUT2D eigenvalue weighted by molar-refractivity contribution is 7.98. The first-order chi connectivity index (χ1) is 19.0. The number of aromatic hydroxyl groups is 1. The Morgan fingerprint density at radius 3 is 2.42 bits per heavy atom. The molecule has 0 spiro atoms. The highest BCUT2D eigenvalue weighted by Gasteiger charge is 2.36. The van der Waals surface area contributed by atoms with Crippen LogP contribution in [0.5, 0.6) is 5.75 Å². The van der Waals surface area contributed by atoms with Crippen molar-refractivity contribution in [1.82, 2.24) is 10.2 Å². The number of ether oxygens (including phenoxy) is 1. The summed E-state index contributed by atoms with van der Waals surface area (Å²) in [7, 11) is 0. The van der Waals surface area contributed by atoms with Crippen molar-refractivity contribution in [1.29, 1.82) is 0 Å². The van der Waals surface area contributed by atoms with Gasteiger partial charge in [0.25, 0.3) is 5.91 Å². The summed E-state index contributed by atoms with van der Waals surface area (Å²) in [6.07, 6.45) is 3.03. The molecule has 0 aromatic heterocycles. The Balaban J connectivity index is 1.99. The minimum Gasteiger partial charge on any atom is -0.508 e. The van der Waals surface area contributed by atoms with Crippen molar-refractivity contribution in [3.63, 3.8) is 0 Å². The maximum absolute atomic E-state index is 14.0. The van der Waals surface area contributed by atoms with E-state index in [1.807, 2.05) is 42.7 Å². The summed E-state index contributed by atoms with van der Waals surface area (Å²) in [5.41, 5.74) is 0.224. The Bertz CT molecular complexity index is 1350. The Labute approximate surface area is 239 Å². The van der Waals surface area contributed by atoms with E-state index < -0.39 is 35.6 Å². The summed E-state index contributed by atoms with van der Waals surface area (Å²) in [6, 6.07) is 17.5. The van der Waals surface area contributed by atoms with Crippen LogP contribution in [-0.2, 0) is 14.3 Å². The van der Waals surface area contributed by atoms with Crippen molar-refractivity contribution in [2.75, 3.05) is 23.9 Å². The molecule has 8 nitrogen and oxygen atoms in total. The third-order valence-corrected chi connectivity index (χ3v) is 6.62. The van der Waals surface area contributed by atoms with E-state index in [2.05, 4.69) is 17.2 Å². The van der Waals surface area contributed by atoms with Crippen LogP contribution in [0.15, 0.2) is 79.4 Å². The number of hydrogen-bond donors (Lipinski definition) is 3. The number of phenols is 1. The molecule has 0 saturated heterocycles. The molecule has 40 heavy (non-hydrogen) atoms. The van der Waals surface area contributed by atoms with Crippen LogP contribution < -0.4 is 10.6 Å². The molecule has 0 aliphatic heterocycles. The number of benzene rings is 3. The monoisotopic (exact) mass is 563 g/mol. The van der Waals surface area contributed by atoms with Gasteiger partial charge in [0.15, 0.2) is 0 Å². The molecule has 3 aromatic carbocycles. The third-order valence-electron chi connectivity index (χ3n) is 5.97. The summed E-state index contributed by atoms with van der Waals surface area (Å²) in [5, 5.41) is 17.8. The van der Waals surface area contributed by atoms with Gasteiger partial charge in [-0.15, -0.1) is 6.58 Å². The summed E-state index contributed by atoms with van der Waals surface area (Å²) in [6.45, 7) is 9.04. The van der Waals surface area contributed by atoms with Crippen LogP contribution in [0.1, 0.15) is 38.8 Å². The molecule has 2 atom stereocenters. The summed E-state index contributed by atoms with van der Waals surface area (Å²) in [4.78, 5) is 41.9. The van der Waals surface area contributed by atoms with Crippen molar-refractivity contribution in [3.8, 4) is 5.75 Å². The van der Waals surface area contributed by atoms with Crippen molar-refractivity contribution in [2.45, 2.75) is 44.9 Å². The van der Waals surface area contributed by atoms with Gasteiger partial charge < -0.3 is 25.4 Å². The third kappa shape index (κ3) is 8.51. The van der Waals surface area contributed by atoms with Crippen LogP contribution in [0.25, 0.3) is 10.8 Å². The lowest BCUT2D eigenvalue weighted by Gasteiger charge is -2.34. The molecule has 3 rings (SSSR count). The summed E-state index contributed by atoms with van der Waals surface area (Å²) in [5.74, 6) is -0.398. The zero-order valence-electron chi connectivity index (χ0n) is 23.3. The second-order valence-corrected chi connectivity index (χ2v) is 11.3. The maximum Gasteiger partial charge on any atom is 0.408 e. The first-order valence-corrected chi connectivity index (χ1v) is 14.4. The predicted octanol–water partition coefficient (Wildman–Crippen LogP) is 5.89. The average molecular weight is 564 g/mol. The molecule has 0 aliphatic rings. The molecule has 0 fully saturated rings. The van der Waals surface area contributed by atoms with Gasteiger partial charge in [-0.25, -0.2) is 4.79 Å². The Morgan fingerprint density at radius 2 is 1.77 bits per heavy atom. The van der Waals surface area contributed by atoms with Crippen molar-refractivity contribution in [3.05, 3.63) is 84.9 Å². The van der Waals surface area contributed by atoms with E-state index in [1.54, 1.807) is 39.0 Å². The number of nitrogens with one attached hydrogen (secondary N) is 2. The second kappa shape index (κ2) is 13.9. The number of carbonyl (C=O) groups is 3. The molecule has 0 radical (unpaired) electrons. The summed E-state index contributed by atoms with van der Waals surface area (Å²) < 4.78 is 5.40. The van der Waals surface area contributed by atoms with E-state index in [9.17, 15) is 19.5 Å². The molecule has 3 amide bonds. The number of amides is 3. The molecular formula is C31H37N3O5S. The lowest BCUT2D eigenvalue weighted by molar-refractivity contribution is -0.140. The Kier molecular flexibility index (Phi) is 10.6. The van der Waals surface area contributed by atoms with Gasteiger partial charge in [0, 0.05) is 12.2 Å². The maximum atomic E-state index is 14.0. The molecule has 212 valence electrons. The second-order valence-electron chi connectivity index (χ2n) is 10.3. The molecule has 2 unspecified atom stereocenters. The number of phenolic OH excluding ortho intramolecular Hbond substituents is 1. The molecule has 0 saturated carbocycles. The van der Waals surface area contributed by atoms with Gasteiger partial charge in [-0.2, -0.15) is 11.8 Å². The number of rotatable bonds is 11. The Hall–Kier alpha value is -3.98. The molecule has 9 heteroatoms. The molecule has 0 heterocycles. The number of thioether (sulfide) groups is 1. The molecule has 3 aromatic rings.